The van der Waals surface area contributed by atoms with Crippen molar-refractivity contribution in [1.82, 2.24) is 15.1 Å². The van der Waals surface area contributed by atoms with Gasteiger partial charge < -0.3 is 9.80 Å². The van der Waals surface area contributed by atoms with Crippen LogP contribution in [0.2, 0.25) is 0 Å². The van der Waals surface area contributed by atoms with Gasteiger partial charge >= 0.3 is 0 Å². The Morgan fingerprint density at radius 2 is 2.00 bits per heavy atom. The quantitative estimate of drug-likeness (QED) is 0.919. The van der Waals surface area contributed by atoms with Gasteiger partial charge in [0, 0.05) is 12.6 Å². The van der Waals surface area contributed by atoms with E-state index in [2.05, 4.69) is 42.3 Å². The highest BCUT2D eigenvalue weighted by Crippen LogP contribution is 2.27. The normalized spacial score (nSPS) is 24.8. The topological polar surface area (TPSA) is 35.6 Å². The van der Waals surface area contributed by atoms with Crippen molar-refractivity contribution in [1.29, 1.82) is 0 Å². The van der Waals surface area contributed by atoms with Crippen molar-refractivity contribution in [2.75, 3.05) is 26.2 Å². The van der Waals surface area contributed by atoms with Gasteiger partial charge in [0.1, 0.15) is 6.17 Å². The van der Waals surface area contributed by atoms with E-state index in [1.54, 1.807) is 0 Å². The first-order valence-electron chi connectivity index (χ1n) is 7.99. The Morgan fingerprint density at radius 3 is 2.71 bits per heavy atom. The third-order valence-electron chi connectivity index (χ3n) is 4.69. The smallest absolute Gasteiger partial charge is 0.238 e. The fourth-order valence-corrected chi connectivity index (χ4v) is 3.60. The molecule has 2 atom stereocenters. The molecule has 0 aromatic heterocycles. The zero-order valence-electron chi connectivity index (χ0n) is 13.0. The summed E-state index contributed by atoms with van der Waals surface area (Å²) in [5.74, 6) is 0.218. The van der Waals surface area contributed by atoms with Gasteiger partial charge in [-0.1, -0.05) is 24.3 Å². The summed E-state index contributed by atoms with van der Waals surface area (Å²) in [6.07, 6.45) is 2.61. The van der Waals surface area contributed by atoms with Crippen molar-refractivity contribution in [3.63, 3.8) is 0 Å². The number of aryl methyl sites for hydroxylation is 1. The third kappa shape index (κ3) is 2.97. The van der Waals surface area contributed by atoms with Crippen LogP contribution < -0.4 is 5.32 Å². The average Bonchev–Trinajstić information content (AvgIpc) is 3.09. The molecular formula is C17H25N3O. The van der Waals surface area contributed by atoms with Gasteiger partial charge in [-0.25, -0.2) is 0 Å². The fraction of sp³-hybridized carbons (Fsp3) is 0.588. The van der Waals surface area contributed by atoms with E-state index < -0.39 is 0 Å². The van der Waals surface area contributed by atoms with Crippen LogP contribution in [0.1, 0.15) is 37.1 Å². The zero-order chi connectivity index (χ0) is 14.8. The van der Waals surface area contributed by atoms with Crippen LogP contribution in [0.25, 0.3) is 0 Å². The van der Waals surface area contributed by atoms with E-state index in [-0.39, 0.29) is 18.1 Å². The molecule has 1 amide bonds. The van der Waals surface area contributed by atoms with Crippen molar-refractivity contribution in [3.8, 4) is 0 Å². The molecule has 2 unspecified atom stereocenters. The van der Waals surface area contributed by atoms with Crippen molar-refractivity contribution < 1.29 is 4.79 Å². The van der Waals surface area contributed by atoms with Crippen LogP contribution in [0.4, 0.5) is 0 Å². The molecule has 3 rings (SSSR count). The molecule has 2 aliphatic rings. The maximum Gasteiger partial charge on any atom is 0.238 e. The van der Waals surface area contributed by atoms with Crippen LogP contribution >= 0.6 is 0 Å². The largest absolute Gasteiger partial charge is 0.318 e. The second-order valence-electron chi connectivity index (χ2n) is 6.30. The molecule has 21 heavy (non-hydrogen) atoms. The van der Waals surface area contributed by atoms with E-state index >= 15 is 0 Å². The monoisotopic (exact) mass is 287 g/mol. The van der Waals surface area contributed by atoms with Crippen LogP contribution in [-0.4, -0.2) is 47.9 Å². The first-order chi connectivity index (χ1) is 10.2. The number of amides is 1. The van der Waals surface area contributed by atoms with Crippen LogP contribution in [0, 0.1) is 6.92 Å². The number of carbonyl (C=O) groups is 1. The molecule has 2 fully saturated rings. The van der Waals surface area contributed by atoms with E-state index in [4.69, 9.17) is 0 Å². The first kappa shape index (κ1) is 14.5. The summed E-state index contributed by atoms with van der Waals surface area (Å²) in [4.78, 5) is 16.8. The molecule has 2 heterocycles. The summed E-state index contributed by atoms with van der Waals surface area (Å²) >= 11 is 0. The van der Waals surface area contributed by atoms with Gasteiger partial charge in [0.25, 0.3) is 0 Å². The van der Waals surface area contributed by atoms with Gasteiger partial charge in [0.05, 0.1) is 6.54 Å². The van der Waals surface area contributed by atoms with Gasteiger partial charge in [-0.05, 0) is 50.9 Å². The molecular weight excluding hydrogens is 262 g/mol. The van der Waals surface area contributed by atoms with Crippen LogP contribution in [0.3, 0.4) is 0 Å². The van der Waals surface area contributed by atoms with Gasteiger partial charge in [0.2, 0.25) is 5.91 Å². The molecule has 0 bridgehead atoms. The van der Waals surface area contributed by atoms with Crippen molar-refractivity contribution in [2.45, 2.75) is 38.9 Å². The first-order valence-corrected chi connectivity index (χ1v) is 7.99. The molecule has 0 spiro atoms. The summed E-state index contributed by atoms with van der Waals surface area (Å²) in [6, 6.07) is 8.59. The highest BCUT2D eigenvalue weighted by atomic mass is 16.2. The van der Waals surface area contributed by atoms with Crippen molar-refractivity contribution in [3.05, 3.63) is 35.4 Å². The SMILES string of the molecule is Cc1ccccc1C1NCC(=O)N1C(C)CN1CCCC1. The number of likely N-dealkylation sites (tertiary alicyclic amines) is 1. The summed E-state index contributed by atoms with van der Waals surface area (Å²) in [5, 5.41) is 3.38. The highest BCUT2D eigenvalue weighted by Gasteiger charge is 2.36. The Bertz CT molecular complexity index is 511. The minimum atomic E-state index is 0.0244. The average molecular weight is 287 g/mol. The van der Waals surface area contributed by atoms with E-state index in [0.717, 1.165) is 6.54 Å². The van der Waals surface area contributed by atoms with Crippen LogP contribution in [-0.2, 0) is 4.79 Å². The molecule has 1 N–H and O–H groups in total. The van der Waals surface area contributed by atoms with E-state index in [9.17, 15) is 4.79 Å². The molecule has 1 aromatic carbocycles. The molecule has 0 radical (unpaired) electrons. The molecule has 0 saturated carbocycles. The highest BCUT2D eigenvalue weighted by molar-refractivity contribution is 5.81. The predicted molar refractivity (Wildman–Crippen MR) is 83.9 cm³/mol. The summed E-state index contributed by atoms with van der Waals surface area (Å²) in [7, 11) is 0. The van der Waals surface area contributed by atoms with Gasteiger partial charge in [-0.3, -0.25) is 10.1 Å². The lowest BCUT2D eigenvalue weighted by Crippen LogP contribution is -2.44. The Balaban J connectivity index is 1.77. The molecule has 0 aliphatic carbocycles. The number of hydrogen-bond donors (Lipinski definition) is 1. The van der Waals surface area contributed by atoms with Crippen LogP contribution in [0.15, 0.2) is 24.3 Å². The lowest BCUT2D eigenvalue weighted by atomic mass is 10.0. The van der Waals surface area contributed by atoms with Crippen molar-refractivity contribution in [2.24, 2.45) is 0 Å². The second-order valence-corrected chi connectivity index (χ2v) is 6.30. The van der Waals surface area contributed by atoms with E-state index in [1.807, 2.05) is 11.0 Å². The second kappa shape index (κ2) is 6.16. The zero-order valence-corrected chi connectivity index (χ0v) is 13.0. The lowest BCUT2D eigenvalue weighted by Gasteiger charge is -2.33. The van der Waals surface area contributed by atoms with Crippen LogP contribution in [0.5, 0.6) is 0 Å². The number of nitrogens with one attached hydrogen (secondary N) is 1. The molecule has 4 heteroatoms. The predicted octanol–water partition coefficient (Wildman–Crippen LogP) is 1.91. The number of rotatable bonds is 4. The lowest BCUT2D eigenvalue weighted by molar-refractivity contribution is -0.130. The van der Waals surface area contributed by atoms with Gasteiger partial charge in [0.15, 0.2) is 0 Å². The minimum Gasteiger partial charge on any atom is -0.318 e. The number of nitrogens with zero attached hydrogens (tertiary/aromatic N) is 2. The fourth-order valence-electron chi connectivity index (χ4n) is 3.60. The minimum absolute atomic E-state index is 0.0244. The van der Waals surface area contributed by atoms with Gasteiger partial charge in [-0.15, -0.1) is 0 Å². The van der Waals surface area contributed by atoms with E-state index in [1.165, 1.54) is 37.1 Å². The van der Waals surface area contributed by atoms with Gasteiger partial charge in [-0.2, -0.15) is 0 Å². The third-order valence-corrected chi connectivity index (χ3v) is 4.69. The Hall–Kier alpha value is -1.39. The number of benzene rings is 1. The number of carbonyl (C=O) groups excluding carboxylic acids is 1. The van der Waals surface area contributed by atoms with E-state index in [0.29, 0.717) is 6.54 Å². The number of hydrogen-bond acceptors (Lipinski definition) is 3. The summed E-state index contributed by atoms with van der Waals surface area (Å²) in [6.45, 7) is 8.07. The molecule has 4 nitrogen and oxygen atoms in total. The Kier molecular flexibility index (Phi) is 4.27. The maximum atomic E-state index is 12.3. The Morgan fingerprint density at radius 1 is 1.29 bits per heavy atom. The van der Waals surface area contributed by atoms with Crippen molar-refractivity contribution >= 4 is 5.91 Å². The summed E-state index contributed by atoms with van der Waals surface area (Å²) < 4.78 is 0. The molecule has 2 saturated heterocycles. The molecule has 2 aliphatic heterocycles. The maximum absolute atomic E-state index is 12.3. The Labute approximate surface area is 127 Å². The standard InChI is InChI=1S/C17H25N3O/c1-13-7-3-4-8-15(13)17-18-11-16(21)20(17)14(2)12-19-9-5-6-10-19/h3-4,7-8,14,17-18H,5-6,9-12H2,1-2H3. The molecule has 114 valence electrons. The molecule has 1 aromatic rings. The summed E-state index contributed by atoms with van der Waals surface area (Å²) in [5.41, 5.74) is 2.46.